The Kier molecular flexibility index (Phi) is 3.10. The summed E-state index contributed by atoms with van der Waals surface area (Å²) in [5, 5.41) is 3.49. The highest BCUT2D eigenvalue weighted by molar-refractivity contribution is 6.30. The van der Waals surface area contributed by atoms with Gasteiger partial charge in [0.25, 0.3) is 5.91 Å². The number of amides is 1. The molecule has 4 nitrogen and oxygen atoms in total. The standard InChI is InChI=1S/C11H7ClFN2O2/c12-8-2-1-6(4-9(8)13)3-7-5-10(11(14)16)15-17-7/h1-5H,(H2,14,16). The molecular formula is C11H7ClFN2O2. The zero-order valence-corrected chi connectivity index (χ0v) is 9.24. The minimum absolute atomic E-state index is 0.0192. The number of carbonyl (C=O) groups excluding carboxylic acids is 1. The Morgan fingerprint density at radius 3 is 2.82 bits per heavy atom. The molecule has 0 bridgehead atoms. The van der Waals surface area contributed by atoms with Gasteiger partial charge in [0.1, 0.15) is 11.6 Å². The molecule has 0 unspecified atom stereocenters. The number of nitrogens with zero attached hydrogens (tertiary/aromatic N) is 1. The van der Waals surface area contributed by atoms with Crippen molar-refractivity contribution in [2.75, 3.05) is 0 Å². The van der Waals surface area contributed by atoms with Crippen molar-refractivity contribution in [1.82, 2.24) is 5.16 Å². The zero-order valence-electron chi connectivity index (χ0n) is 8.48. The Bertz CT molecular complexity index is 568. The molecule has 0 aliphatic carbocycles. The zero-order chi connectivity index (χ0) is 12.4. The third kappa shape index (κ3) is 2.62. The summed E-state index contributed by atoms with van der Waals surface area (Å²) in [6.07, 6.45) is 1.51. The number of rotatable bonds is 3. The summed E-state index contributed by atoms with van der Waals surface area (Å²) in [4.78, 5) is 10.8. The molecule has 0 atom stereocenters. The molecule has 0 fully saturated rings. The highest BCUT2D eigenvalue weighted by atomic mass is 35.5. The molecular weight excluding hydrogens is 247 g/mol. The number of nitrogens with two attached hydrogens (primary N) is 1. The first-order chi connectivity index (χ1) is 8.06. The Balaban J connectivity index is 2.19. The van der Waals surface area contributed by atoms with Gasteiger partial charge in [-0.05, 0) is 17.7 Å². The maximum Gasteiger partial charge on any atom is 0.270 e. The molecule has 1 aromatic heterocycles. The average molecular weight is 254 g/mol. The largest absolute Gasteiger partial charge is 0.364 e. The Hall–Kier alpha value is -1.88. The van der Waals surface area contributed by atoms with Crippen molar-refractivity contribution >= 4 is 17.5 Å². The van der Waals surface area contributed by atoms with E-state index in [9.17, 15) is 9.18 Å². The molecule has 87 valence electrons. The van der Waals surface area contributed by atoms with Gasteiger partial charge in [0.05, 0.1) is 11.4 Å². The van der Waals surface area contributed by atoms with Gasteiger partial charge in [-0.2, -0.15) is 0 Å². The number of hydrogen-bond donors (Lipinski definition) is 1. The van der Waals surface area contributed by atoms with Crippen molar-refractivity contribution in [1.29, 1.82) is 0 Å². The summed E-state index contributed by atoms with van der Waals surface area (Å²) in [7, 11) is 0. The van der Waals surface area contributed by atoms with E-state index in [1.807, 2.05) is 0 Å². The lowest BCUT2D eigenvalue weighted by Crippen LogP contribution is -2.10. The quantitative estimate of drug-likeness (QED) is 0.911. The number of benzene rings is 1. The second-order valence-corrected chi connectivity index (χ2v) is 3.70. The van der Waals surface area contributed by atoms with Crippen LogP contribution in [-0.4, -0.2) is 11.1 Å². The third-order valence-electron chi connectivity index (χ3n) is 2.03. The molecule has 2 N–H and O–H groups in total. The first-order valence-electron chi connectivity index (χ1n) is 4.62. The second-order valence-electron chi connectivity index (χ2n) is 3.30. The van der Waals surface area contributed by atoms with Gasteiger partial charge in [-0.1, -0.05) is 22.8 Å². The van der Waals surface area contributed by atoms with Crippen LogP contribution in [0.2, 0.25) is 5.02 Å². The summed E-state index contributed by atoms with van der Waals surface area (Å²) in [5.41, 5.74) is 5.57. The lowest BCUT2D eigenvalue weighted by Gasteiger charge is -1.98. The molecule has 17 heavy (non-hydrogen) atoms. The number of primary amides is 1. The van der Waals surface area contributed by atoms with Crippen molar-refractivity contribution in [3.8, 4) is 0 Å². The molecule has 0 aliphatic rings. The molecule has 0 saturated carbocycles. The van der Waals surface area contributed by atoms with Crippen LogP contribution in [0.25, 0.3) is 0 Å². The van der Waals surface area contributed by atoms with E-state index in [0.29, 0.717) is 11.3 Å². The van der Waals surface area contributed by atoms with Gasteiger partial charge >= 0.3 is 0 Å². The van der Waals surface area contributed by atoms with Crippen LogP contribution in [0.1, 0.15) is 21.8 Å². The van der Waals surface area contributed by atoms with Crippen molar-refractivity contribution in [2.45, 2.75) is 0 Å². The van der Waals surface area contributed by atoms with E-state index >= 15 is 0 Å². The summed E-state index contributed by atoms with van der Waals surface area (Å²) < 4.78 is 18.0. The number of hydrogen-bond acceptors (Lipinski definition) is 3. The number of carbonyl (C=O) groups is 1. The lowest BCUT2D eigenvalue weighted by atomic mass is 10.1. The molecule has 2 rings (SSSR count). The molecule has 0 aliphatic heterocycles. The van der Waals surface area contributed by atoms with Crippen LogP contribution in [0.4, 0.5) is 4.39 Å². The summed E-state index contributed by atoms with van der Waals surface area (Å²) in [5.74, 6) is -0.911. The SMILES string of the molecule is NC(=O)c1cc([CH]c2ccc(Cl)c(F)c2)on1. The van der Waals surface area contributed by atoms with Gasteiger partial charge in [0.2, 0.25) is 0 Å². The van der Waals surface area contributed by atoms with Crippen LogP contribution in [0.15, 0.2) is 28.8 Å². The van der Waals surface area contributed by atoms with E-state index in [0.717, 1.165) is 0 Å². The summed E-state index contributed by atoms with van der Waals surface area (Å²) in [6, 6.07) is 5.65. The maximum absolute atomic E-state index is 13.1. The van der Waals surface area contributed by atoms with Crippen molar-refractivity contribution in [3.05, 3.63) is 58.5 Å². The average Bonchev–Trinajstić information content (AvgIpc) is 2.72. The van der Waals surface area contributed by atoms with Crippen molar-refractivity contribution < 1.29 is 13.7 Å². The molecule has 0 spiro atoms. The van der Waals surface area contributed by atoms with Crippen LogP contribution in [-0.2, 0) is 0 Å². The maximum atomic E-state index is 13.1. The topological polar surface area (TPSA) is 69.1 Å². The molecule has 0 saturated heterocycles. The van der Waals surface area contributed by atoms with Gasteiger partial charge < -0.3 is 10.3 Å². The predicted octanol–water partition coefficient (Wildman–Crippen LogP) is 2.17. The van der Waals surface area contributed by atoms with Gasteiger partial charge in [-0.15, -0.1) is 0 Å². The van der Waals surface area contributed by atoms with Gasteiger partial charge in [-0.25, -0.2) is 4.39 Å². The van der Waals surface area contributed by atoms with Crippen LogP contribution >= 0.6 is 11.6 Å². The number of aromatic nitrogens is 1. The third-order valence-corrected chi connectivity index (χ3v) is 2.34. The fraction of sp³-hybridized carbons (Fsp3) is 0. The van der Waals surface area contributed by atoms with E-state index in [2.05, 4.69) is 5.16 Å². The fourth-order valence-corrected chi connectivity index (χ4v) is 1.36. The minimum Gasteiger partial charge on any atom is -0.364 e. The summed E-state index contributed by atoms with van der Waals surface area (Å²) >= 11 is 5.54. The highest BCUT2D eigenvalue weighted by Crippen LogP contribution is 2.19. The highest BCUT2D eigenvalue weighted by Gasteiger charge is 2.10. The van der Waals surface area contributed by atoms with Crippen LogP contribution in [0.5, 0.6) is 0 Å². The van der Waals surface area contributed by atoms with Crippen LogP contribution in [0, 0.1) is 12.2 Å². The van der Waals surface area contributed by atoms with E-state index in [-0.39, 0.29) is 10.7 Å². The first kappa shape index (κ1) is 11.6. The smallest absolute Gasteiger partial charge is 0.270 e. The van der Waals surface area contributed by atoms with E-state index < -0.39 is 11.7 Å². The fourth-order valence-electron chi connectivity index (χ4n) is 1.24. The molecule has 2 aromatic rings. The predicted molar refractivity (Wildman–Crippen MR) is 58.9 cm³/mol. The minimum atomic E-state index is -0.685. The molecule has 1 heterocycles. The first-order valence-corrected chi connectivity index (χ1v) is 5.00. The summed E-state index contributed by atoms with van der Waals surface area (Å²) in [6.45, 7) is 0. The van der Waals surface area contributed by atoms with E-state index in [1.165, 1.54) is 24.6 Å². The van der Waals surface area contributed by atoms with E-state index in [1.54, 1.807) is 6.07 Å². The normalized spacial score (nSPS) is 10.5. The van der Waals surface area contributed by atoms with Crippen molar-refractivity contribution in [3.63, 3.8) is 0 Å². The Morgan fingerprint density at radius 1 is 1.47 bits per heavy atom. The Morgan fingerprint density at radius 2 is 2.24 bits per heavy atom. The van der Waals surface area contributed by atoms with Gasteiger partial charge in [0.15, 0.2) is 5.69 Å². The van der Waals surface area contributed by atoms with Gasteiger partial charge in [0, 0.05) is 6.07 Å². The molecule has 1 aromatic carbocycles. The van der Waals surface area contributed by atoms with Gasteiger partial charge in [-0.3, -0.25) is 4.79 Å². The van der Waals surface area contributed by atoms with Crippen LogP contribution in [0.3, 0.4) is 0 Å². The number of halogens is 2. The molecule has 1 radical (unpaired) electrons. The Labute approximate surface area is 101 Å². The monoisotopic (exact) mass is 253 g/mol. The second kappa shape index (κ2) is 4.55. The van der Waals surface area contributed by atoms with Crippen molar-refractivity contribution in [2.24, 2.45) is 5.73 Å². The molecule has 1 amide bonds. The van der Waals surface area contributed by atoms with Crippen LogP contribution < -0.4 is 5.73 Å². The lowest BCUT2D eigenvalue weighted by molar-refractivity contribution is 0.0991. The molecule has 6 heteroatoms. The van der Waals surface area contributed by atoms with E-state index in [4.69, 9.17) is 21.9 Å².